The minimum Gasteiger partial charge on any atom is -0.255 e. The van der Waals surface area contributed by atoms with Crippen LogP contribution in [0.4, 0.5) is 0 Å². The van der Waals surface area contributed by atoms with Crippen LogP contribution >= 0.6 is 15.9 Å². The SMILES string of the molecule is CC(C)(C#N)c1cccc(CBr)n1. The van der Waals surface area contributed by atoms with Gasteiger partial charge in [-0.25, -0.2) is 0 Å². The highest BCUT2D eigenvalue weighted by atomic mass is 79.9. The van der Waals surface area contributed by atoms with E-state index in [0.29, 0.717) is 0 Å². The summed E-state index contributed by atoms with van der Waals surface area (Å²) in [6, 6.07) is 7.98. The molecule has 0 aromatic carbocycles. The van der Waals surface area contributed by atoms with Gasteiger partial charge in [-0.2, -0.15) is 5.26 Å². The quantitative estimate of drug-likeness (QED) is 0.744. The molecule has 13 heavy (non-hydrogen) atoms. The second-order valence-electron chi connectivity index (χ2n) is 3.38. The molecular weight excluding hydrogens is 228 g/mol. The molecule has 1 rings (SSSR count). The van der Waals surface area contributed by atoms with E-state index in [4.69, 9.17) is 5.26 Å². The first-order valence-corrected chi connectivity index (χ1v) is 5.16. The van der Waals surface area contributed by atoms with E-state index in [1.54, 1.807) is 0 Å². The van der Waals surface area contributed by atoms with Crippen LogP contribution in [0, 0.1) is 11.3 Å². The molecule has 0 atom stereocenters. The average molecular weight is 239 g/mol. The summed E-state index contributed by atoms with van der Waals surface area (Å²) in [6.45, 7) is 3.74. The van der Waals surface area contributed by atoms with Crippen LogP contribution in [0.1, 0.15) is 25.2 Å². The number of pyridine rings is 1. The Morgan fingerprint density at radius 3 is 2.77 bits per heavy atom. The number of rotatable bonds is 2. The molecule has 0 bridgehead atoms. The molecule has 0 aliphatic rings. The molecule has 1 aromatic rings. The lowest BCUT2D eigenvalue weighted by Crippen LogP contribution is -2.16. The molecule has 0 unspecified atom stereocenters. The molecular formula is C10H11BrN2. The van der Waals surface area contributed by atoms with E-state index in [9.17, 15) is 0 Å². The van der Waals surface area contributed by atoms with E-state index in [1.807, 2.05) is 32.0 Å². The van der Waals surface area contributed by atoms with Crippen molar-refractivity contribution in [1.29, 1.82) is 5.26 Å². The highest BCUT2D eigenvalue weighted by molar-refractivity contribution is 9.08. The van der Waals surface area contributed by atoms with Crippen molar-refractivity contribution in [2.45, 2.75) is 24.6 Å². The third kappa shape index (κ3) is 2.28. The van der Waals surface area contributed by atoms with Gasteiger partial charge in [0.15, 0.2) is 0 Å². The number of nitriles is 1. The fourth-order valence-electron chi connectivity index (χ4n) is 0.959. The van der Waals surface area contributed by atoms with Gasteiger partial charge >= 0.3 is 0 Å². The zero-order chi connectivity index (χ0) is 9.90. The maximum Gasteiger partial charge on any atom is 0.0937 e. The standard InChI is InChI=1S/C10H11BrN2/c1-10(2,7-12)9-5-3-4-8(6-11)13-9/h3-5H,6H2,1-2H3. The van der Waals surface area contributed by atoms with Gasteiger partial charge in [0.05, 0.1) is 22.9 Å². The number of alkyl halides is 1. The van der Waals surface area contributed by atoms with E-state index in [0.717, 1.165) is 16.7 Å². The Kier molecular flexibility index (Phi) is 3.05. The van der Waals surface area contributed by atoms with Gasteiger partial charge < -0.3 is 0 Å². The van der Waals surface area contributed by atoms with Crippen LogP contribution in [0.15, 0.2) is 18.2 Å². The zero-order valence-electron chi connectivity index (χ0n) is 7.71. The Hall–Kier alpha value is -0.880. The molecule has 3 heteroatoms. The first-order chi connectivity index (χ1) is 6.10. The molecule has 0 radical (unpaired) electrons. The lowest BCUT2D eigenvalue weighted by atomic mass is 9.91. The van der Waals surface area contributed by atoms with Crippen LogP contribution in [0.25, 0.3) is 0 Å². The van der Waals surface area contributed by atoms with Gasteiger partial charge in [0, 0.05) is 5.33 Å². The molecule has 0 spiro atoms. The summed E-state index contributed by atoms with van der Waals surface area (Å²) in [5, 5.41) is 9.63. The maximum atomic E-state index is 8.91. The van der Waals surface area contributed by atoms with Crippen molar-refractivity contribution in [1.82, 2.24) is 4.98 Å². The van der Waals surface area contributed by atoms with Crippen molar-refractivity contribution in [2.24, 2.45) is 0 Å². The molecule has 0 saturated carbocycles. The number of halogens is 1. The highest BCUT2D eigenvalue weighted by Gasteiger charge is 2.21. The van der Waals surface area contributed by atoms with Gasteiger partial charge in [-0.15, -0.1) is 0 Å². The monoisotopic (exact) mass is 238 g/mol. The van der Waals surface area contributed by atoms with Crippen molar-refractivity contribution in [2.75, 3.05) is 0 Å². The van der Waals surface area contributed by atoms with E-state index >= 15 is 0 Å². The van der Waals surface area contributed by atoms with E-state index in [1.165, 1.54) is 0 Å². The van der Waals surface area contributed by atoms with Crippen molar-refractivity contribution < 1.29 is 0 Å². The Morgan fingerprint density at radius 2 is 2.23 bits per heavy atom. The van der Waals surface area contributed by atoms with E-state index in [2.05, 4.69) is 27.0 Å². The van der Waals surface area contributed by atoms with Crippen molar-refractivity contribution in [3.8, 4) is 6.07 Å². The first kappa shape index (κ1) is 10.2. The van der Waals surface area contributed by atoms with Gasteiger partial charge in [-0.05, 0) is 26.0 Å². The Labute approximate surface area is 86.7 Å². The number of nitrogens with zero attached hydrogens (tertiary/aromatic N) is 2. The minimum atomic E-state index is -0.502. The normalized spacial score (nSPS) is 10.9. The van der Waals surface area contributed by atoms with Crippen LogP contribution in [0.2, 0.25) is 0 Å². The predicted octanol–water partition coefficient (Wildman–Crippen LogP) is 2.78. The summed E-state index contributed by atoms with van der Waals surface area (Å²) in [6.07, 6.45) is 0. The highest BCUT2D eigenvalue weighted by Crippen LogP contribution is 2.20. The fraction of sp³-hybridized carbons (Fsp3) is 0.400. The molecule has 1 aromatic heterocycles. The first-order valence-electron chi connectivity index (χ1n) is 4.04. The van der Waals surface area contributed by atoms with Crippen LogP contribution in [-0.4, -0.2) is 4.98 Å². The van der Waals surface area contributed by atoms with Gasteiger partial charge in [0.2, 0.25) is 0 Å². The number of hydrogen-bond acceptors (Lipinski definition) is 2. The lowest BCUT2D eigenvalue weighted by molar-refractivity contribution is 0.656. The van der Waals surface area contributed by atoms with E-state index in [-0.39, 0.29) is 0 Å². The molecule has 0 amide bonds. The summed E-state index contributed by atoms with van der Waals surface area (Å²) >= 11 is 3.33. The van der Waals surface area contributed by atoms with E-state index < -0.39 is 5.41 Å². The third-order valence-electron chi connectivity index (χ3n) is 1.86. The summed E-state index contributed by atoms with van der Waals surface area (Å²) in [7, 11) is 0. The van der Waals surface area contributed by atoms with Gasteiger partial charge in [-0.1, -0.05) is 22.0 Å². The second kappa shape index (κ2) is 3.89. The van der Waals surface area contributed by atoms with Crippen LogP contribution in [-0.2, 0) is 10.7 Å². The van der Waals surface area contributed by atoms with Crippen LogP contribution in [0.5, 0.6) is 0 Å². The van der Waals surface area contributed by atoms with Crippen molar-refractivity contribution in [3.63, 3.8) is 0 Å². The molecule has 0 fully saturated rings. The van der Waals surface area contributed by atoms with Crippen LogP contribution in [0.3, 0.4) is 0 Å². The lowest BCUT2D eigenvalue weighted by Gasteiger charge is -2.14. The van der Waals surface area contributed by atoms with Crippen molar-refractivity contribution in [3.05, 3.63) is 29.6 Å². The van der Waals surface area contributed by atoms with Gasteiger partial charge in [0.25, 0.3) is 0 Å². The summed E-state index contributed by atoms with van der Waals surface area (Å²) in [4.78, 5) is 4.36. The zero-order valence-corrected chi connectivity index (χ0v) is 9.30. The molecule has 0 aliphatic carbocycles. The third-order valence-corrected chi connectivity index (χ3v) is 2.44. The largest absolute Gasteiger partial charge is 0.255 e. The summed E-state index contributed by atoms with van der Waals surface area (Å²) in [5.74, 6) is 0. The van der Waals surface area contributed by atoms with Gasteiger partial charge in [0.1, 0.15) is 0 Å². The van der Waals surface area contributed by atoms with Crippen LogP contribution < -0.4 is 0 Å². The second-order valence-corrected chi connectivity index (χ2v) is 3.95. The fourth-order valence-corrected chi connectivity index (χ4v) is 1.27. The molecule has 0 aliphatic heterocycles. The van der Waals surface area contributed by atoms with Crippen molar-refractivity contribution >= 4 is 15.9 Å². The molecule has 2 nitrogen and oxygen atoms in total. The Morgan fingerprint density at radius 1 is 1.54 bits per heavy atom. The summed E-state index contributed by atoms with van der Waals surface area (Å²) < 4.78 is 0. The number of hydrogen-bond donors (Lipinski definition) is 0. The van der Waals surface area contributed by atoms with Gasteiger partial charge in [-0.3, -0.25) is 4.98 Å². The number of aromatic nitrogens is 1. The molecule has 1 heterocycles. The molecule has 0 saturated heterocycles. The topological polar surface area (TPSA) is 36.7 Å². The maximum absolute atomic E-state index is 8.91. The molecule has 0 N–H and O–H groups in total. The smallest absolute Gasteiger partial charge is 0.0937 e. The Bertz CT molecular complexity index is 339. The predicted molar refractivity (Wildman–Crippen MR) is 55.5 cm³/mol. The average Bonchev–Trinajstić information content (AvgIpc) is 2.18. The summed E-state index contributed by atoms with van der Waals surface area (Å²) in [5.41, 5.74) is 1.28. The minimum absolute atomic E-state index is 0.502. The molecule has 68 valence electrons. The Balaban J connectivity index is 3.10.